The molecule has 0 amide bonds. The summed E-state index contributed by atoms with van der Waals surface area (Å²) in [7, 11) is 0. The number of benzene rings is 1. The van der Waals surface area contributed by atoms with Crippen molar-refractivity contribution in [2.45, 2.75) is 44.1 Å². The number of pyridine rings is 1. The zero-order valence-electron chi connectivity index (χ0n) is 15.9. The minimum atomic E-state index is 0.0487. The Morgan fingerprint density at radius 2 is 1.93 bits per heavy atom. The number of nitrogens with zero attached hydrogens (tertiary/aromatic N) is 4. The highest BCUT2D eigenvalue weighted by molar-refractivity contribution is 8.14. The van der Waals surface area contributed by atoms with E-state index in [-0.39, 0.29) is 12.1 Å². The first-order chi connectivity index (χ1) is 13.1. The van der Waals surface area contributed by atoms with Crippen molar-refractivity contribution >= 4 is 27.8 Å². The minimum absolute atomic E-state index is 0.0487. The lowest BCUT2D eigenvalue weighted by atomic mass is 9.96. The highest BCUT2D eigenvalue weighted by Crippen LogP contribution is 2.49. The largest absolute Gasteiger partial charge is 0.345 e. The Morgan fingerprint density at radius 3 is 2.70 bits per heavy atom. The first-order valence-electron chi connectivity index (χ1n) is 9.65. The topological polar surface area (TPSA) is 33.4 Å². The van der Waals surface area contributed by atoms with Gasteiger partial charge in [0.1, 0.15) is 6.04 Å². The molecule has 4 heterocycles. The standard InChI is InChI=1S/C22H24N4S/c1-14(2)25-13-17(16-8-4-5-10-19(16)25)21-20(18-9-6-7-11-23-18)24-22-26(21)12-15(3)27-22/h4-11,13-15,20-21H,12H2,1-3H3/t15-,20-,21-/m1/s1. The van der Waals surface area contributed by atoms with Crippen LogP contribution in [0, 0.1) is 0 Å². The Morgan fingerprint density at radius 1 is 1.11 bits per heavy atom. The van der Waals surface area contributed by atoms with Gasteiger partial charge in [-0.05, 0) is 32.0 Å². The molecule has 3 aromatic rings. The van der Waals surface area contributed by atoms with Crippen LogP contribution < -0.4 is 0 Å². The van der Waals surface area contributed by atoms with Crippen molar-refractivity contribution in [1.29, 1.82) is 0 Å². The van der Waals surface area contributed by atoms with Crippen LogP contribution in [-0.2, 0) is 0 Å². The van der Waals surface area contributed by atoms with E-state index >= 15 is 0 Å². The van der Waals surface area contributed by atoms with E-state index in [9.17, 15) is 0 Å². The maximum Gasteiger partial charge on any atom is 0.160 e. The smallest absolute Gasteiger partial charge is 0.160 e. The minimum Gasteiger partial charge on any atom is -0.345 e. The van der Waals surface area contributed by atoms with Gasteiger partial charge in [0.25, 0.3) is 0 Å². The molecule has 0 bridgehead atoms. The maximum absolute atomic E-state index is 5.12. The summed E-state index contributed by atoms with van der Waals surface area (Å²) < 4.78 is 2.39. The van der Waals surface area contributed by atoms with Crippen LogP contribution in [0.4, 0.5) is 0 Å². The van der Waals surface area contributed by atoms with Gasteiger partial charge in [-0.2, -0.15) is 0 Å². The average molecular weight is 377 g/mol. The molecule has 2 aliphatic heterocycles. The zero-order valence-corrected chi connectivity index (χ0v) is 16.7. The second-order valence-corrected chi connectivity index (χ2v) is 9.14. The van der Waals surface area contributed by atoms with Gasteiger partial charge >= 0.3 is 0 Å². The molecule has 0 unspecified atom stereocenters. The van der Waals surface area contributed by atoms with E-state index in [1.165, 1.54) is 21.6 Å². The Hall–Kier alpha value is -2.27. The third-order valence-electron chi connectivity index (χ3n) is 5.53. The predicted octanol–water partition coefficient (Wildman–Crippen LogP) is 5.21. The molecule has 2 aliphatic rings. The summed E-state index contributed by atoms with van der Waals surface area (Å²) in [6.07, 6.45) is 4.23. The van der Waals surface area contributed by atoms with Crippen LogP contribution in [-0.4, -0.2) is 31.4 Å². The predicted molar refractivity (Wildman–Crippen MR) is 113 cm³/mol. The van der Waals surface area contributed by atoms with Gasteiger partial charge in [0.15, 0.2) is 5.17 Å². The Bertz CT molecular complexity index is 1010. The Labute approximate surface area is 164 Å². The highest BCUT2D eigenvalue weighted by Gasteiger charge is 2.44. The fourth-order valence-electron chi connectivity index (χ4n) is 4.35. The zero-order chi connectivity index (χ0) is 18.5. The van der Waals surface area contributed by atoms with Crippen molar-refractivity contribution < 1.29 is 0 Å². The van der Waals surface area contributed by atoms with Gasteiger partial charge in [-0.3, -0.25) is 9.98 Å². The van der Waals surface area contributed by atoms with Gasteiger partial charge in [-0.25, -0.2) is 0 Å². The third-order valence-corrected chi connectivity index (χ3v) is 6.63. The summed E-state index contributed by atoms with van der Waals surface area (Å²) in [5, 5.41) is 3.08. The second-order valence-electron chi connectivity index (χ2n) is 7.74. The van der Waals surface area contributed by atoms with Gasteiger partial charge in [0.2, 0.25) is 0 Å². The van der Waals surface area contributed by atoms with Gasteiger partial charge in [0, 0.05) is 46.7 Å². The maximum atomic E-state index is 5.12. The molecular weight excluding hydrogens is 352 g/mol. The van der Waals surface area contributed by atoms with E-state index in [4.69, 9.17) is 4.99 Å². The molecule has 0 saturated carbocycles. The lowest BCUT2D eigenvalue weighted by molar-refractivity contribution is 0.322. The molecule has 0 radical (unpaired) electrons. The molecule has 2 aromatic heterocycles. The summed E-state index contributed by atoms with van der Waals surface area (Å²) in [5.41, 5.74) is 3.72. The number of fused-ring (bicyclic) bond motifs is 2. The summed E-state index contributed by atoms with van der Waals surface area (Å²) in [4.78, 5) is 12.3. The molecule has 5 heteroatoms. The Kier molecular flexibility index (Phi) is 4.01. The van der Waals surface area contributed by atoms with Crippen LogP contribution >= 0.6 is 11.8 Å². The van der Waals surface area contributed by atoms with E-state index in [1.54, 1.807) is 0 Å². The molecule has 1 saturated heterocycles. The van der Waals surface area contributed by atoms with Crippen LogP contribution in [0.2, 0.25) is 0 Å². The normalized spacial score (nSPS) is 24.7. The number of amidine groups is 1. The number of aromatic nitrogens is 2. The van der Waals surface area contributed by atoms with E-state index in [2.05, 4.69) is 77.8 Å². The fraction of sp³-hybridized carbons (Fsp3) is 0.364. The average Bonchev–Trinajstić information content (AvgIpc) is 3.32. The lowest BCUT2D eigenvalue weighted by Crippen LogP contribution is -2.28. The molecule has 5 rings (SSSR count). The fourth-order valence-corrected chi connectivity index (χ4v) is 5.44. The van der Waals surface area contributed by atoms with Gasteiger partial charge in [-0.15, -0.1) is 0 Å². The van der Waals surface area contributed by atoms with Crippen molar-refractivity contribution in [3.8, 4) is 0 Å². The number of para-hydroxylation sites is 1. The summed E-state index contributed by atoms with van der Waals surface area (Å²) in [6, 6.07) is 15.6. The first-order valence-corrected chi connectivity index (χ1v) is 10.5. The Balaban J connectivity index is 1.69. The van der Waals surface area contributed by atoms with Crippen molar-refractivity contribution in [2.24, 2.45) is 4.99 Å². The van der Waals surface area contributed by atoms with E-state index in [1.807, 2.05) is 24.0 Å². The van der Waals surface area contributed by atoms with Crippen LogP contribution in [0.3, 0.4) is 0 Å². The number of thioether (sulfide) groups is 1. The SMILES string of the molecule is CC(C)n1cc([C@@H]2[C@@H](c3ccccn3)N=C3S[C@H](C)CN32)c2ccccc21. The van der Waals surface area contributed by atoms with Crippen LogP contribution in [0.1, 0.15) is 50.2 Å². The van der Waals surface area contributed by atoms with E-state index in [0.29, 0.717) is 11.3 Å². The lowest BCUT2D eigenvalue weighted by Gasteiger charge is -2.27. The van der Waals surface area contributed by atoms with Crippen LogP contribution in [0.25, 0.3) is 10.9 Å². The molecule has 0 spiro atoms. The summed E-state index contributed by atoms with van der Waals surface area (Å²) >= 11 is 1.89. The summed E-state index contributed by atoms with van der Waals surface area (Å²) in [6.45, 7) is 7.82. The van der Waals surface area contributed by atoms with Crippen molar-refractivity contribution in [1.82, 2.24) is 14.5 Å². The molecule has 0 aliphatic carbocycles. The molecule has 27 heavy (non-hydrogen) atoms. The van der Waals surface area contributed by atoms with E-state index in [0.717, 1.165) is 12.2 Å². The molecular formula is C22H24N4S. The van der Waals surface area contributed by atoms with E-state index < -0.39 is 0 Å². The molecule has 0 N–H and O–H groups in total. The first kappa shape index (κ1) is 16.9. The molecule has 4 nitrogen and oxygen atoms in total. The molecule has 1 aromatic carbocycles. The van der Waals surface area contributed by atoms with Gasteiger partial charge in [-0.1, -0.05) is 43.0 Å². The second kappa shape index (κ2) is 6.41. The van der Waals surface area contributed by atoms with Crippen molar-refractivity contribution in [3.05, 3.63) is 66.1 Å². The number of hydrogen-bond acceptors (Lipinski definition) is 4. The number of aliphatic imine (C=N–C) groups is 1. The monoisotopic (exact) mass is 376 g/mol. The van der Waals surface area contributed by atoms with Crippen molar-refractivity contribution in [2.75, 3.05) is 6.54 Å². The summed E-state index contributed by atoms with van der Waals surface area (Å²) in [5.74, 6) is 0. The van der Waals surface area contributed by atoms with Crippen LogP contribution in [0.15, 0.2) is 59.9 Å². The quantitative estimate of drug-likeness (QED) is 0.629. The number of rotatable bonds is 3. The van der Waals surface area contributed by atoms with Crippen molar-refractivity contribution in [3.63, 3.8) is 0 Å². The highest BCUT2D eigenvalue weighted by atomic mass is 32.2. The molecule has 138 valence electrons. The molecule has 1 fully saturated rings. The van der Waals surface area contributed by atoms with Gasteiger partial charge in [0.05, 0.1) is 11.7 Å². The third kappa shape index (κ3) is 2.67. The van der Waals surface area contributed by atoms with Gasteiger partial charge < -0.3 is 9.47 Å². The number of hydrogen-bond donors (Lipinski definition) is 0. The molecule has 3 atom stereocenters. The van der Waals surface area contributed by atoms with Crippen LogP contribution in [0.5, 0.6) is 0 Å².